The van der Waals surface area contributed by atoms with Crippen LogP contribution in [0.15, 0.2) is 41.1 Å². The molecule has 1 unspecified atom stereocenters. The second kappa shape index (κ2) is 7.64. The third-order valence-electron chi connectivity index (χ3n) is 3.18. The van der Waals surface area contributed by atoms with Gasteiger partial charge in [0, 0.05) is 22.9 Å². The number of ketones is 1. The van der Waals surface area contributed by atoms with Gasteiger partial charge in [0.15, 0.2) is 5.78 Å². The summed E-state index contributed by atoms with van der Waals surface area (Å²) in [6, 6.07) is 5.55. The average Bonchev–Trinajstić information content (AvgIpc) is 3.05. The van der Waals surface area contributed by atoms with Crippen LogP contribution in [0.3, 0.4) is 0 Å². The fraction of sp³-hybridized carbons (Fsp3) is 0.188. The molecule has 5 nitrogen and oxygen atoms in total. The standard InChI is InChI=1S/C16H14FNO4S/c17-12-3-1-10(2-4-12)16(22)18-13(5-6-14(19)20)15(21)11-7-8-23-9-11/h1-4,7-9,13H,5-6H2,(H,18,22)(H,19,20). The number of amides is 1. The van der Waals surface area contributed by atoms with E-state index in [1.54, 1.807) is 16.8 Å². The summed E-state index contributed by atoms with van der Waals surface area (Å²) in [6.07, 6.45) is -0.263. The highest BCUT2D eigenvalue weighted by Crippen LogP contribution is 2.13. The molecule has 2 rings (SSSR count). The molecule has 0 spiro atoms. The third-order valence-corrected chi connectivity index (χ3v) is 3.86. The molecule has 1 heterocycles. The molecule has 120 valence electrons. The maximum atomic E-state index is 12.9. The molecule has 0 radical (unpaired) electrons. The van der Waals surface area contributed by atoms with E-state index in [2.05, 4.69) is 5.32 Å². The van der Waals surface area contributed by atoms with Crippen molar-refractivity contribution in [3.05, 3.63) is 58.0 Å². The average molecular weight is 335 g/mol. The predicted molar refractivity (Wildman–Crippen MR) is 83.2 cm³/mol. The maximum Gasteiger partial charge on any atom is 0.303 e. The van der Waals surface area contributed by atoms with Crippen LogP contribution in [0.4, 0.5) is 4.39 Å². The minimum Gasteiger partial charge on any atom is -0.481 e. The number of carboxylic acids is 1. The Kier molecular flexibility index (Phi) is 5.59. The number of halogens is 1. The molecular formula is C16H14FNO4S. The van der Waals surface area contributed by atoms with Crippen molar-refractivity contribution in [2.75, 3.05) is 0 Å². The zero-order chi connectivity index (χ0) is 16.8. The first-order valence-corrected chi connectivity index (χ1v) is 7.76. The SMILES string of the molecule is O=C(O)CCC(NC(=O)c1ccc(F)cc1)C(=O)c1ccsc1. The zero-order valence-electron chi connectivity index (χ0n) is 12.0. The molecule has 2 aromatic rings. The molecule has 2 N–H and O–H groups in total. The zero-order valence-corrected chi connectivity index (χ0v) is 12.8. The van der Waals surface area contributed by atoms with Crippen LogP contribution >= 0.6 is 11.3 Å². The Morgan fingerprint density at radius 3 is 2.39 bits per heavy atom. The van der Waals surface area contributed by atoms with Crippen molar-refractivity contribution in [2.24, 2.45) is 0 Å². The highest BCUT2D eigenvalue weighted by Gasteiger charge is 2.23. The molecule has 23 heavy (non-hydrogen) atoms. The summed E-state index contributed by atoms with van der Waals surface area (Å²) < 4.78 is 12.9. The molecular weight excluding hydrogens is 321 g/mol. The maximum absolute atomic E-state index is 12.9. The Morgan fingerprint density at radius 1 is 1.13 bits per heavy atom. The Labute approximate surface area is 135 Å². The lowest BCUT2D eigenvalue weighted by molar-refractivity contribution is -0.137. The summed E-state index contributed by atoms with van der Waals surface area (Å²) in [4.78, 5) is 35.3. The summed E-state index contributed by atoms with van der Waals surface area (Å²) in [5, 5.41) is 14.7. The number of thiophene rings is 1. The normalized spacial score (nSPS) is 11.7. The van der Waals surface area contributed by atoms with E-state index in [1.165, 1.54) is 23.5 Å². The Morgan fingerprint density at radius 2 is 1.83 bits per heavy atom. The minimum atomic E-state index is -1.05. The fourth-order valence-corrected chi connectivity index (χ4v) is 2.63. The molecule has 0 bridgehead atoms. The van der Waals surface area contributed by atoms with Gasteiger partial charge < -0.3 is 10.4 Å². The number of hydrogen-bond donors (Lipinski definition) is 2. The van der Waals surface area contributed by atoms with Crippen molar-refractivity contribution in [3.8, 4) is 0 Å². The van der Waals surface area contributed by atoms with Gasteiger partial charge in [0.25, 0.3) is 5.91 Å². The van der Waals surface area contributed by atoms with E-state index in [0.29, 0.717) is 5.56 Å². The number of carbonyl (C=O) groups excluding carboxylic acids is 2. The van der Waals surface area contributed by atoms with Gasteiger partial charge in [-0.3, -0.25) is 14.4 Å². The summed E-state index contributed by atoms with van der Waals surface area (Å²) in [5.41, 5.74) is 0.620. The number of benzene rings is 1. The molecule has 0 aliphatic rings. The van der Waals surface area contributed by atoms with Gasteiger partial charge in [-0.15, -0.1) is 0 Å². The first kappa shape index (κ1) is 16.8. The van der Waals surface area contributed by atoms with Crippen LogP contribution in [-0.4, -0.2) is 28.8 Å². The van der Waals surface area contributed by atoms with Gasteiger partial charge in [0.05, 0.1) is 6.04 Å². The van der Waals surface area contributed by atoms with Crippen molar-refractivity contribution in [3.63, 3.8) is 0 Å². The molecule has 1 aromatic carbocycles. The van der Waals surface area contributed by atoms with Crippen LogP contribution in [0, 0.1) is 5.82 Å². The van der Waals surface area contributed by atoms with Gasteiger partial charge in [-0.25, -0.2) is 4.39 Å². The van der Waals surface area contributed by atoms with E-state index in [9.17, 15) is 18.8 Å². The molecule has 0 saturated heterocycles. The molecule has 0 aliphatic heterocycles. The van der Waals surface area contributed by atoms with Gasteiger partial charge in [0.1, 0.15) is 5.82 Å². The van der Waals surface area contributed by atoms with Gasteiger partial charge >= 0.3 is 5.97 Å². The second-order valence-corrected chi connectivity index (χ2v) is 5.62. The van der Waals surface area contributed by atoms with Gasteiger partial charge in [-0.2, -0.15) is 11.3 Å². The predicted octanol–water partition coefficient (Wildman–Crippen LogP) is 2.73. The smallest absolute Gasteiger partial charge is 0.303 e. The van der Waals surface area contributed by atoms with Crippen LogP contribution in [0.25, 0.3) is 0 Å². The highest BCUT2D eigenvalue weighted by atomic mass is 32.1. The molecule has 0 saturated carbocycles. The van der Waals surface area contributed by atoms with Gasteiger partial charge in [0.2, 0.25) is 0 Å². The number of carboxylic acid groups (broad SMARTS) is 1. The minimum absolute atomic E-state index is 0.0169. The Balaban J connectivity index is 2.13. The third kappa shape index (κ3) is 4.72. The molecule has 1 atom stereocenters. The monoisotopic (exact) mass is 335 g/mol. The van der Waals surface area contributed by atoms with Crippen LogP contribution in [0.5, 0.6) is 0 Å². The van der Waals surface area contributed by atoms with Crippen molar-refractivity contribution in [1.82, 2.24) is 5.32 Å². The van der Waals surface area contributed by atoms with Crippen molar-refractivity contribution in [2.45, 2.75) is 18.9 Å². The number of nitrogens with one attached hydrogen (secondary N) is 1. The van der Waals surface area contributed by atoms with E-state index in [0.717, 1.165) is 12.1 Å². The summed E-state index contributed by atoms with van der Waals surface area (Å²) >= 11 is 1.34. The van der Waals surface area contributed by atoms with Crippen LogP contribution in [-0.2, 0) is 4.79 Å². The lowest BCUT2D eigenvalue weighted by Gasteiger charge is -2.16. The largest absolute Gasteiger partial charge is 0.481 e. The van der Waals surface area contributed by atoms with E-state index >= 15 is 0 Å². The van der Waals surface area contributed by atoms with E-state index < -0.39 is 23.7 Å². The van der Waals surface area contributed by atoms with Gasteiger partial charge in [-0.1, -0.05) is 0 Å². The summed E-state index contributed by atoms with van der Waals surface area (Å²) in [7, 11) is 0. The number of aliphatic carboxylic acids is 1. The lowest BCUT2D eigenvalue weighted by Crippen LogP contribution is -2.41. The van der Waals surface area contributed by atoms with Gasteiger partial charge in [-0.05, 0) is 42.1 Å². The number of Topliss-reactive ketones (excluding diaryl/α,β-unsaturated/α-hetero) is 1. The van der Waals surface area contributed by atoms with Crippen molar-refractivity contribution in [1.29, 1.82) is 0 Å². The molecule has 0 fully saturated rings. The summed E-state index contributed by atoms with van der Waals surface area (Å²) in [6.45, 7) is 0. The van der Waals surface area contributed by atoms with Crippen molar-refractivity contribution >= 4 is 29.0 Å². The quantitative estimate of drug-likeness (QED) is 0.762. The molecule has 1 aromatic heterocycles. The van der Waals surface area contributed by atoms with Crippen LogP contribution < -0.4 is 5.32 Å². The lowest BCUT2D eigenvalue weighted by atomic mass is 10.0. The Bertz CT molecular complexity index is 697. The van der Waals surface area contributed by atoms with Crippen LogP contribution in [0.1, 0.15) is 33.6 Å². The van der Waals surface area contributed by atoms with E-state index in [-0.39, 0.29) is 24.2 Å². The number of hydrogen-bond acceptors (Lipinski definition) is 4. The van der Waals surface area contributed by atoms with E-state index in [4.69, 9.17) is 5.11 Å². The van der Waals surface area contributed by atoms with Crippen LogP contribution in [0.2, 0.25) is 0 Å². The first-order chi connectivity index (χ1) is 11.0. The number of carbonyl (C=O) groups is 3. The summed E-state index contributed by atoms with van der Waals surface area (Å²) in [5.74, 6) is -2.42. The molecule has 0 aliphatic carbocycles. The topological polar surface area (TPSA) is 83.5 Å². The first-order valence-electron chi connectivity index (χ1n) is 6.82. The number of rotatable bonds is 7. The molecule has 1 amide bonds. The second-order valence-electron chi connectivity index (χ2n) is 4.84. The Hall–Kier alpha value is -2.54. The molecule has 7 heteroatoms. The van der Waals surface area contributed by atoms with Crippen molar-refractivity contribution < 1.29 is 23.9 Å². The highest BCUT2D eigenvalue weighted by molar-refractivity contribution is 7.08. The van der Waals surface area contributed by atoms with E-state index in [1.807, 2.05) is 0 Å². The fourth-order valence-electron chi connectivity index (χ4n) is 1.99.